The molecule has 2 unspecified atom stereocenters. The molecule has 102 valence electrons. The van der Waals surface area contributed by atoms with Gasteiger partial charge in [0.1, 0.15) is 0 Å². The number of hydrogen-bond acceptors (Lipinski definition) is 4. The summed E-state index contributed by atoms with van der Waals surface area (Å²) in [6.45, 7) is 9.05. The molecule has 4 nitrogen and oxygen atoms in total. The molecule has 0 aromatic heterocycles. The van der Waals surface area contributed by atoms with E-state index in [1.54, 1.807) is 0 Å². The molecule has 1 rings (SSSR count). The van der Waals surface area contributed by atoms with E-state index in [9.17, 15) is 0 Å². The van der Waals surface area contributed by atoms with Crippen LogP contribution in [0.5, 0.6) is 0 Å². The highest BCUT2D eigenvalue weighted by Gasteiger charge is 2.24. The van der Waals surface area contributed by atoms with Gasteiger partial charge in [0.05, 0.1) is 32.0 Å². The van der Waals surface area contributed by atoms with Crippen LogP contribution in [0.1, 0.15) is 33.1 Å². The first-order valence-electron chi connectivity index (χ1n) is 6.88. The Morgan fingerprint density at radius 2 is 1.88 bits per heavy atom. The van der Waals surface area contributed by atoms with Crippen LogP contribution in [-0.2, 0) is 14.2 Å². The van der Waals surface area contributed by atoms with Crippen LogP contribution in [-0.4, -0.2) is 51.7 Å². The molecular weight excluding hydrogens is 218 g/mol. The Balaban J connectivity index is 1.94. The molecule has 1 saturated heterocycles. The summed E-state index contributed by atoms with van der Waals surface area (Å²) >= 11 is 0. The molecule has 0 aromatic rings. The van der Waals surface area contributed by atoms with Crippen molar-refractivity contribution in [2.45, 2.75) is 45.3 Å². The van der Waals surface area contributed by atoms with E-state index in [2.05, 4.69) is 12.2 Å². The lowest BCUT2D eigenvalue weighted by Gasteiger charge is -2.14. The molecule has 1 fully saturated rings. The zero-order chi connectivity index (χ0) is 12.3. The zero-order valence-electron chi connectivity index (χ0n) is 11.2. The van der Waals surface area contributed by atoms with Gasteiger partial charge in [-0.3, -0.25) is 0 Å². The lowest BCUT2D eigenvalue weighted by molar-refractivity contribution is -0.0274. The van der Waals surface area contributed by atoms with Gasteiger partial charge in [0.15, 0.2) is 0 Å². The summed E-state index contributed by atoms with van der Waals surface area (Å²) < 4.78 is 16.6. The van der Waals surface area contributed by atoms with E-state index in [0.717, 1.165) is 32.5 Å². The minimum Gasteiger partial charge on any atom is -0.379 e. The number of rotatable bonds is 10. The minimum atomic E-state index is 0.282. The van der Waals surface area contributed by atoms with Gasteiger partial charge >= 0.3 is 0 Å². The highest BCUT2D eigenvalue weighted by atomic mass is 16.6. The molecular formula is C13H27NO3. The van der Waals surface area contributed by atoms with E-state index in [4.69, 9.17) is 14.2 Å². The predicted molar refractivity (Wildman–Crippen MR) is 68.4 cm³/mol. The average Bonchev–Trinajstić information content (AvgIpc) is 2.77. The fourth-order valence-electron chi connectivity index (χ4n) is 1.97. The normalized spacial score (nSPS) is 24.4. The second kappa shape index (κ2) is 9.83. The van der Waals surface area contributed by atoms with Gasteiger partial charge in [-0.05, 0) is 32.7 Å². The molecule has 4 heteroatoms. The third-order valence-corrected chi connectivity index (χ3v) is 2.87. The molecule has 2 atom stereocenters. The van der Waals surface area contributed by atoms with Crippen LogP contribution in [0, 0.1) is 0 Å². The predicted octanol–water partition coefficient (Wildman–Crippen LogP) is 1.59. The monoisotopic (exact) mass is 245 g/mol. The summed E-state index contributed by atoms with van der Waals surface area (Å²) in [5, 5.41) is 3.40. The van der Waals surface area contributed by atoms with Crippen LogP contribution in [0.2, 0.25) is 0 Å². The number of ether oxygens (including phenoxy) is 3. The van der Waals surface area contributed by atoms with Crippen LogP contribution in [0.25, 0.3) is 0 Å². The first-order valence-corrected chi connectivity index (χ1v) is 6.88. The molecule has 0 aliphatic carbocycles. The van der Waals surface area contributed by atoms with Gasteiger partial charge in [0.25, 0.3) is 0 Å². The van der Waals surface area contributed by atoms with Crippen LogP contribution in [0.15, 0.2) is 0 Å². The Morgan fingerprint density at radius 3 is 2.65 bits per heavy atom. The number of nitrogens with one attached hydrogen (secondary N) is 1. The quantitative estimate of drug-likeness (QED) is 0.593. The topological polar surface area (TPSA) is 39.7 Å². The minimum absolute atomic E-state index is 0.282. The van der Waals surface area contributed by atoms with Gasteiger partial charge in [-0.1, -0.05) is 6.92 Å². The Hall–Kier alpha value is -0.160. The summed E-state index contributed by atoms with van der Waals surface area (Å²) in [7, 11) is 0. The fourth-order valence-corrected chi connectivity index (χ4v) is 1.97. The second-order valence-electron chi connectivity index (χ2n) is 4.43. The summed E-state index contributed by atoms with van der Waals surface area (Å²) in [6.07, 6.45) is 4.10. The standard InChI is InChI=1S/C13H27NO3/c1-3-7-14-10-12-5-6-13(17-12)11-16-9-8-15-4-2/h12-14H,3-11H2,1-2H3. The highest BCUT2D eigenvalue weighted by molar-refractivity contribution is 4.75. The van der Waals surface area contributed by atoms with E-state index in [1.807, 2.05) is 6.92 Å². The Labute approximate surface area is 105 Å². The van der Waals surface area contributed by atoms with Crippen molar-refractivity contribution in [1.82, 2.24) is 5.32 Å². The molecule has 1 aliphatic heterocycles. The van der Waals surface area contributed by atoms with Crippen molar-refractivity contribution in [2.75, 3.05) is 39.5 Å². The maximum atomic E-state index is 5.89. The zero-order valence-corrected chi connectivity index (χ0v) is 11.2. The van der Waals surface area contributed by atoms with E-state index >= 15 is 0 Å². The lowest BCUT2D eigenvalue weighted by Crippen LogP contribution is -2.28. The van der Waals surface area contributed by atoms with Gasteiger partial charge in [0, 0.05) is 13.2 Å². The van der Waals surface area contributed by atoms with Crippen molar-refractivity contribution >= 4 is 0 Å². The molecule has 0 saturated carbocycles. The second-order valence-corrected chi connectivity index (χ2v) is 4.43. The largest absolute Gasteiger partial charge is 0.379 e. The van der Waals surface area contributed by atoms with Gasteiger partial charge in [-0.15, -0.1) is 0 Å². The molecule has 0 bridgehead atoms. The summed E-state index contributed by atoms with van der Waals surface area (Å²) in [5.74, 6) is 0. The van der Waals surface area contributed by atoms with Crippen molar-refractivity contribution < 1.29 is 14.2 Å². The van der Waals surface area contributed by atoms with Gasteiger partial charge in [0.2, 0.25) is 0 Å². The highest BCUT2D eigenvalue weighted by Crippen LogP contribution is 2.19. The molecule has 0 radical (unpaired) electrons. The molecule has 1 heterocycles. The van der Waals surface area contributed by atoms with Crippen molar-refractivity contribution in [1.29, 1.82) is 0 Å². The van der Waals surface area contributed by atoms with E-state index in [1.165, 1.54) is 6.42 Å². The van der Waals surface area contributed by atoms with Gasteiger partial charge in [-0.2, -0.15) is 0 Å². The first kappa shape index (κ1) is 14.9. The van der Waals surface area contributed by atoms with Crippen molar-refractivity contribution in [3.8, 4) is 0 Å². The third kappa shape index (κ3) is 6.99. The molecule has 0 aromatic carbocycles. The molecule has 17 heavy (non-hydrogen) atoms. The smallest absolute Gasteiger partial charge is 0.0813 e. The van der Waals surface area contributed by atoms with E-state index in [-0.39, 0.29) is 6.10 Å². The average molecular weight is 245 g/mol. The van der Waals surface area contributed by atoms with E-state index in [0.29, 0.717) is 25.9 Å². The number of hydrogen-bond donors (Lipinski definition) is 1. The lowest BCUT2D eigenvalue weighted by atomic mass is 10.2. The maximum Gasteiger partial charge on any atom is 0.0813 e. The van der Waals surface area contributed by atoms with Crippen LogP contribution in [0.4, 0.5) is 0 Å². The fraction of sp³-hybridized carbons (Fsp3) is 1.00. The molecule has 1 aliphatic rings. The Kier molecular flexibility index (Phi) is 8.61. The van der Waals surface area contributed by atoms with Crippen molar-refractivity contribution in [2.24, 2.45) is 0 Å². The first-order chi connectivity index (χ1) is 8.36. The maximum absolute atomic E-state index is 5.89. The Morgan fingerprint density at radius 1 is 1.12 bits per heavy atom. The van der Waals surface area contributed by atoms with Crippen LogP contribution < -0.4 is 5.32 Å². The van der Waals surface area contributed by atoms with Crippen LogP contribution in [0.3, 0.4) is 0 Å². The summed E-state index contributed by atoms with van der Waals surface area (Å²) in [5.41, 5.74) is 0. The SMILES string of the molecule is CCCNCC1CCC(COCCOCC)O1. The van der Waals surface area contributed by atoms with E-state index < -0.39 is 0 Å². The van der Waals surface area contributed by atoms with Gasteiger partial charge in [-0.25, -0.2) is 0 Å². The Bertz CT molecular complexity index is 178. The van der Waals surface area contributed by atoms with Gasteiger partial charge < -0.3 is 19.5 Å². The molecule has 0 spiro atoms. The summed E-state index contributed by atoms with van der Waals surface area (Å²) in [4.78, 5) is 0. The van der Waals surface area contributed by atoms with Crippen molar-refractivity contribution in [3.63, 3.8) is 0 Å². The van der Waals surface area contributed by atoms with Crippen molar-refractivity contribution in [3.05, 3.63) is 0 Å². The molecule has 1 N–H and O–H groups in total. The third-order valence-electron chi connectivity index (χ3n) is 2.87. The molecule has 0 amide bonds. The van der Waals surface area contributed by atoms with Crippen LogP contribution >= 0.6 is 0 Å². The summed E-state index contributed by atoms with van der Waals surface area (Å²) in [6, 6.07) is 0.